The number of ether oxygens (including phenoxy) is 1. The molecule has 2 aromatic carbocycles. The fourth-order valence-corrected chi connectivity index (χ4v) is 8.86. The molecule has 2 saturated carbocycles. The van der Waals surface area contributed by atoms with Gasteiger partial charge in [-0.3, -0.25) is 9.35 Å². The van der Waals surface area contributed by atoms with Gasteiger partial charge in [-0.25, -0.2) is 0 Å². The van der Waals surface area contributed by atoms with Gasteiger partial charge in [-0.1, -0.05) is 63.6 Å². The number of rotatable bonds is 7. The van der Waals surface area contributed by atoms with E-state index in [4.69, 9.17) is 9.29 Å². The van der Waals surface area contributed by atoms with E-state index in [1.807, 2.05) is 13.8 Å². The Morgan fingerprint density at radius 1 is 1.09 bits per heavy atom. The van der Waals surface area contributed by atoms with Crippen LogP contribution in [0.4, 0.5) is 0 Å². The maximum absolute atomic E-state index is 11.9. The lowest BCUT2D eigenvalue weighted by molar-refractivity contribution is -0.128. The van der Waals surface area contributed by atoms with E-state index >= 15 is 0 Å². The van der Waals surface area contributed by atoms with Gasteiger partial charge in [0.25, 0.3) is 10.1 Å². The summed E-state index contributed by atoms with van der Waals surface area (Å²) in [6, 6.07) is 12.9. The van der Waals surface area contributed by atoms with Gasteiger partial charge in [-0.2, -0.15) is 19.3 Å². The van der Waals surface area contributed by atoms with Crippen molar-refractivity contribution in [3.63, 3.8) is 0 Å². The number of fused-ring (bicyclic) bond motifs is 3. The highest BCUT2D eigenvalue weighted by Crippen LogP contribution is 2.64. The van der Waals surface area contributed by atoms with Crippen LogP contribution in [-0.2, 0) is 14.9 Å². The molecule has 2 atom stereocenters. The molecule has 0 aromatic heterocycles. The molecule has 35 heavy (non-hydrogen) atoms. The Bertz CT molecular complexity index is 1250. The third-order valence-electron chi connectivity index (χ3n) is 8.07. The Labute approximate surface area is 211 Å². The van der Waals surface area contributed by atoms with Gasteiger partial charge in [0.1, 0.15) is 11.5 Å². The fraction of sp³-hybridized carbons (Fsp3) is 0.464. The van der Waals surface area contributed by atoms with Crippen LogP contribution in [0.15, 0.2) is 64.3 Å². The lowest BCUT2D eigenvalue weighted by Gasteiger charge is -2.35. The normalized spacial score (nSPS) is 25.2. The summed E-state index contributed by atoms with van der Waals surface area (Å²) in [7, 11) is -4.36. The molecule has 1 N–H and O–H groups in total. The van der Waals surface area contributed by atoms with E-state index in [1.165, 1.54) is 15.7 Å². The van der Waals surface area contributed by atoms with Crippen molar-refractivity contribution < 1.29 is 22.5 Å². The fourth-order valence-electron chi connectivity index (χ4n) is 5.85. The highest BCUT2D eigenvalue weighted by Gasteiger charge is 2.65. The Kier molecular flexibility index (Phi) is 7.51. The minimum absolute atomic E-state index is 0.0152. The highest BCUT2D eigenvalue weighted by molar-refractivity contribution is 8.22. The number of allylic oxidation sites excluding steroid dienone is 2. The van der Waals surface area contributed by atoms with Gasteiger partial charge >= 0.3 is 0 Å². The molecule has 3 aliphatic rings. The number of hydrogen-bond acceptors (Lipinski definition) is 4. The van der Waals surface area contributed by atoms with Crippen LogP contribution in [0.25, 0.3) is 10.8 Å². The molecule has 7 heteroatoms. The molecule has 2 bridgehead atoms. The van der Waals surface area contributed by atoms with Crippen molar-refractivity contribution >= 4 is 37.6 Å². The quantitative estimate of drug-likeness (QED) is 0.243. The lowest BCUT2D eigenvalue weighted by atomic mass is 9.70. The van der Waals surface area contributed by atoms with E-state index in [2.05, 4.69) is 66.3 Å². The summed E-state index contributed by atoms with van der Waals surface area (Å²) >= 11 is 0. The third kappa shape index (κ3) is 5.09. The third-order valence-corrected chi connectivity index (χ3v) is 10.9. The average molecular weight is 517 g/mol. The standard InChI is InChI=1S/C18H20OS.C10H16O4S/c1-2-3-12-19-17-10-11-18(20-13-6-7-14-20)16-9-5-4-8-15(16)17;1-9(2)7-3-4-10(9,8(11)5-7)6-15(12,13)14/h4-11,13-14,20H,2-3,12H2,1H3;7H,3-6H2,1-2H3,(H,12,13,14). The minimum Gasteiger partial charge on any atom is -0.493 e. The van der Waals surface area contributed by atoms with Gasteiger partial charge in [-0.15, -0.1) is 0 Å². The van der Waals surface area contributed by atoms with Gasteiger partial charge in [0.05, 0.1) is 17.8 Å². The molecule has 5 nitrogen and oxygen atoms in total. The van der Waals surface area contributed by atoms with Crippen molar-refractivity contribution in [1.29, 1.82) is 0 Å². The molecular formula is C28H36O5S2. The Hall–Kier alpha value is -2.09. The number of Topliss-reactive ketones (excluding diaryl/α,β-unsaturated/α-hetero) is 1. The number of benzene rings is 2. The molecule has 2 unspecified atom stereocenters. The summed E-state index contributed by atoms with van der Waals surface area (Å²) < 4.78 is 36.9. The number of ketones is 1. The first-order chi connectivity index (χ1) is 16.6. The van der Waals surface area contributed by atoms with E-state index in [-0.39, 0.29) is 28.0 Å². The van der Waals surface area contributed by atoms with Crippen molar-refractivity contribution in [2.45, 2.75) is 57.8 Å². The summed E-state index contributed by atoms with van der Waals surface area (Å²) in [6.45, 7) is 6.88. The number of carbonyl (C=O) groups excluding carboxylic acids is 1. The summed E-state index contributed by atoms with van der Waals surface area (Å²) in [5.41, 5.74) is -1.12. The molecule has 0 spiro atoms. The van der Waals surface area contributed by atoms with Gasteiger partial charge in [0.2, 0.25) is 0 Å². The molecule has 0 amide bonds. The van der Waals surface area contributed by atoms with Crippen LogP contribution in [-0.4, -0.2) is 31.1 Å². The van der Waals surface area contributed by atoms with Crippen LogP contribution in [0, 0.1) is 16.7 Å². The Morgan fingerprint density at radius 3 is 2.34 bits per heavy atom. The van der Waals surface area contributed by atoms with E-state index in [9.17, 15) is 13.2 Å². The molecule has 1 heterocycles. The summed E-state index contributed by atoms with van der Waals surface area (Å²) in [5.74, 6) is 0.913. The smallest absolute Gasteiger partial charge is 0.265 e. The molecule has 1 aliphatic heterocycles. The second-order valence-corrected chi connectivity index (χ2v) is 13.7. The van der Waals surface area contributed by atoms with Crippen LogP contribution in [0.5, 0.6) is 5.75 Å². The largest absolute Gasteiger partial charge is 0.493 e. The maximum atomic E-state index is 11.9. The van der Waals surface area contributed by atoms with Gasteiger partial charge in [-0.05, 0) is 58.9 Å². The first kappa shape index (κ1) is 26.0. The molecule has 0 radical (unpaired) electrons. The van der Waals surface area contributed by atoms with Crippen molar-refractivity contribution in [3.8, 4) is 5.75 Å². The van der Waals surface area contributed by atoms with Crippen molar-refractivity contribution in [2.24, 2.45) is 16.7 Å². The first-order valence-corrected chi connectivity index (χ1v) is 15.4. The maximum Gasteiger partial charge on any atom is 0.265 e. The Balaban J connectivity index is 0.000000172. The zero-order valence-corrected chi connectivity index (χ0v) is 22.4. The minimum atomic E-state index is -4.08. The SMILES string of the molecule is CC1(C)C2CCC1(CS(=O)(=O)O)C(=O)C2.CCCCOc1ccc([SH]2C=CC=C2)c2ccccc12. The van der Waals surface area contributed by atoms with Crippen LogP contribution in [0.1, 0.15) is 52.9 Å². The average Bonchev–Trinajstić information content (AvgIpc) is 3.46. The number of thiol groups is 1. The predicted molar refractivity (Wildman–Crippen MR) is 145 cm³/mol. The van der Waals surface area contributed by atoms with E-state index in [0.29, 0.717) is 12.8 Å². The van der Waals surface area contributed by atoms with E-state index in [1.54, 1.807) is 0 Å². The number of carbonyl (C=O) groups is 1. The predicted octanol–water partition coefficient (Wildman–Crippen LogP) is 6.69. The first-order valence-electron chi connectivity index (χ1n) is 12.4. The zero-order valence-electron chi connectivity index (χ0n) is 20.7. The second-order valence-electron chi connectivity index (χ2n) is 10.3. The van der Waals surface area contributed by atoms with E-state index in [0.717, 1.165) is 31.6 Å². The molecule has 2 fully saturated rings. The molecular weight excluding hydrogens is 480 g/mol. The van der Waals surface area contributed by atoms with Crippen LogP contribution < -0.4 is 4.74 Å². The Morgan fingerprint density at radius 2 is 1.77 bits per heavy atom. The monoisotopic (exact) mass is 516 g/mol. The van der Waals surface area contributed by atoms with Gasteiger partial charge < -0.3 is 4.74 Å². The molecule has 2 aliphatic carbocycles. The van der Waals surface area contributed by atoms with Crippen LogP contribution in [0.2, 0.25) is 0 Å². The molecule has 0 saturated heterocycles. The summed E-state index contributed by atoms with van der Waals surface area (Å²) in [6.07, 6.45) is 8.53. The highest BCUT2D eigenvalue weighted by atomic mass is 32.2. The molecule has 190 valence electrons. The topological polar surface area (TPSA) is 80.7 Å². The van der Waals surface area contributed by atoms with Crippen LogP contribution in [0.3, 0.4) is 0 Å². The van der Waals surface area contributed by atoms with E-state index < -0.39 is 21.3 Å². The van der Waals surface area contributed by atoms with Gasteiger partial charge in [0.15, 0.2) is 0 Å². The summed E-state index contributed by atoms with van der Waals surface area (Å²) in [5, 5.41) is 7.16. The lowest BCUT2D eigenvalue weighted by Crippen LogP contribution is -2.42. The molecule has 2 aromatic rings. The molecule has 5 rings (SSSR count). The second kappa shape index (κ2) is 10.1. The van der Waals surface area contributed by atoms with Crippen molar-refractivity contribution in [3.05, 3.63) is 59.4 Å². The van der Waals surface area contributed by atoms with Crippen molar-refractivity contribution in [2.75, 3.05) is 12.4 Å². The van der Waals surface area contributed by atoms with Gasteiger partial charge in [0, 0.05) is 16.7 Å². The number of unbranched alkanes of at least 4 members (excludes halogenated alkanes) is 1. The van der Waals surface area contributed by atoms with Crippen molar-refractivity contribution in [1.82, 2.24) is 0 Å². The van der Waals surface area contributed by atoms with Crippen LogP contribution >= 0.6 is 10.9 Å². The zero-order chi connectivity index (χ0) is 25.3. The summed E-state index contributed by atoms with van der Waals surface area (Å²) in [4.78, 5) is 13.3. The number of hydrogen-bond donors (Lipinski definition) is 2.